The van der Waals surface area contributed by atoms with Gasteiger partial charge in [-0.15, -0.1) is 0 Å². The second-order valence-electron chi connectivity index (χ2n) is 5.90. The van der Waals surface area contributed by atoms with Gasteiger partial charge in [0.2, 0.25) is 0 Å². The van der Waals surface area contributed by atoms with Gasteiger partial charge in [0.15, 0.2) is 0 Å². The zero-order chi connectivity index (χ0) is 14.7. The molecule has 2 heteroatoms. The van der Waals surface area contributed by atoms with E-state index >= 15 is 0 Å². The van der Waals surface area contributed by atoms with Gasteiger partial charge in [-0.05, 0) is 63.0 Å². The predicted molar refractivity (Wildman–Crippen MR) is 84.9 cm³/mol. The normalized spacial score (nSPS) is 26.9. The molecule has 2 aliphatic carbocycles. The molecule has 0 amide bonds. The number of fused-ring (bicyclic) bond motifs is 2. The van der Waals surface area contributed by atoms with Crippen LogP contribution < -0.4 is 4.74 Å². The second kappa shape index (κ2) is 6.43. The molecule has 3 atom stereocenters. The van der Waals surface area contributed by atoms with Crippen LogP contribution in [-0.4, -0.2) is 11.8 Å². The van der Waals surface area contributed by atoms with Gasteiger partial charge in [-0.1, -0.05) is 26.0 Å². The lowest BCUT2D eigenvalue weighted by atomic mass is 9.97. The van der Waals surface area contributed by atoms with Gasteiger partial charge < -0.3 is 10.1 Å². The highest BCUT2D eigenvalue weighted by molar-refractivity contribution is 6.00. The van der Waals surface area contributed by atoms with Crippen LogP contribution in [0.2, 0.25) is 0 Å². The SMILES string of the molecule is CC.CC(=N)c1c(C)cccc1O[C@@H]1C[C@@H]2CCC1C2. The molecule has 0 saturated heterocycles. The van der Waals surface area contributed by atoms with Crippen molar-refractivity contribution in [3.8, 4) is 5.75 Å². The van der Waals surface area contributed by atoms with Crippen molar-refractivity contribution in [2.45, 2.75) is 59.5 Å². The number of nitrogens with one attached hydrogen (secondary N) is 1. The zero-order valence-corrected chi connectivity index (χ0v) is 13.2. The van der Waals surface area contributed by atoms with Gasteiger partial charge in [0, 0.05) is 11.3 Å². The summed E-state index contributed by atoms with van der Waals surface area (Å²) < 4.78 is 6.24. The van der Waals surface area contributed by atoms with Gasteiger partial charge >= 0.3 is 0 Å². The Labute approximate surface area is 123 Å². The first-order valence-electron chi connectivity index (χ1n) is 7.97. The van der Waals surface area contributed by atoms with E-state index in [0.29, 0.717) is 11.8 Å². The molecule has 2 nitrogen and oxygen atoms in total. The molecule has 3 rings (SSSR count). The maximum atomic E-state index is 7.92. The van der Waals surface area contributed by atoms with Crippen molar-refractivity contribution >= 4 is 5.71 Å². The molecular formula is C18H27NO. The summed E-state index contributed by atoms with van der Waals surface area (Å²) in [7, 11) is 0. The minimum absolute atomic E-state index is 0.392. The van der Waals surface area contributed by atoms with Crippen molar-refractivity contribution in [2.24, 2.45) is 11.8 Å². The quantitative estimate of drug-likeness (QED) is 0.774. The van der Waals surface area contributed by atoms with Crippen molar-refractivity contribution < 1.29 is 4.74 Å². The van der Waals surface area contributed by atoms with Gasteiger partial charge in [0.05, 0.1) is 0 Å². The third kappa shape index (κ3) is 2.89. The lowest BCUT2D eigenvalue weighted by Crippen LogP contribution is -2.24. The molecule has 1 unspecified atom stereocenters. The van der Waals surface area contributed by atoms with E-state index in [4.69, 9.17) is 10.1 Å². The second-order valence-corrected chi connectivity index (χ2v) is 5.90. The lowest BCUT2D eigenvalue weighted by Gasteiger charge is -2.25. The summed E-state index contributed by atoms with van der Waals surface area (Å²) in [6.45, 7) is 7.90. The highest BCUT2D eigenvalue weighted by Gasteiger charge is 2.41. The molecular weight excluding hydrogens is 246 g/mol. The maximum Gasteiger partial charge on any atom is 0.129 e. The van der Waals surface area contributed by atoms with Crippen molar-refractivity contribution in [3.05, 3.63) is 29.3 Å². The minimum Gasteiger partial charge on any atom is -0.489 e. The number of rotatable bonds is 3. The minimum atomic E-state index is 0.392. The molecule has 1 aromatic rings. The van der Waals surface area contributed by atoms with Crippen LogP contribution in [-0.2, 0) is 0 Å². The Morgan fingerprint density at radius 1 is 1.20 bits per heavy atom. The summed E-state index contributed by atoms with van der Waals surface area (Å²) in [4.78, 5) is 0. The fourth-order valence-corrected chi connectivity index (χ4v) is 3.71. The third-order valence-corrected chi connectivity index (χ3v) is 4.56. The first kappa shape index (κ1) is 15.1. The molecule has 0 radical (unpaired) electrons. The van der Waals surface area contributed by atoms with Crippen molar-refractivity contribution in [1.82, 2.24) is 0 Å². The Bertz CT molecular complexity index is 480. The molecule has 2 saturated carbocycles. The van der Waals surface area contributed by atoms with Crippen LogP contribution in [0.3, 0.4) is 0 Å². The van der Waals surface area contributed by atoms with Crippen molar-refractivity contribution in [3.63, 3.8) is 0 Å². The Morgan fingerprint density at radius 3 is 2.50 bits per heavy atom. The molecule has 2 aliphatic rings. The smallest absolute Gasteiger partial charge is 0.129 e. The van der Waals surface area contributed by atoms with E-state index in [1.54, 1.807) is 0 Å². The van der Waals surface area contributed by atoms with E-state index in [-0.39, 0.29) is 0 Å². The molecule has 0 aliphatic heterocycles. The van der Waals surface area contributed by atoms with Crippen LogP contribution in [0.5, 0.6) is 5.75 Å². The summed E-state index contributed by atoms with van der Waals surface area (Å²) in [5, 5.41) is 7.92. The highest BCUT2D eigenvalue weighted by atomic mass is 16.5. The van der Waals surface area contributed by atoms with Gasteiger partial charge in [0.25, 0.3) is 0 Å². The first-order valence-corrected chi connectivity index (χ1v) is 7.97. The van der Waals surface area contributed by atoms with Gasteiger partial charge in [-0.25, -0.2) is 0 Å². The summed E-state index contributed by atoms with van der Waals surface area (Å²) >= 11 is 0. The average Bonchev–Trinajstić information content (AvgIpc) is 3.03. The summed E-state index contributed by atoms with van der Waals surface area (Å²) in [5.74, 6) is 2.57. The Morgan fingerprint density at radius 2 is 1.95 bits per heavy atom. The monoisotopic (exact) mass is 273 g/mol. The van der Waals surface area contributed by atoms with Gasteiger partial charge in [-0.3, -0.25) is 0 Å². The molecule has 1 N–H and O–H groups in total. The zero-order valence-electron chi connectivity index (χ0n) is 13.2. The Hall–Kier alpha value is -1.31. The predicted octanol–water partition coefficient (Wildman–Crippen LogP) is 4.98. The van der Waals surface area contributed by atoms with Gasteiger partial charge in [0.1, 0.15) is 11.9 Å². The van der Waals surface area contributed by atoms with Crippen molar-refractivity contribution in [2.75, 3.05) is 0 Å². The highest BCUT2D eigenvalue weighted by Crippen LogP contribution is 2.46. The topological polar surface area (TPSA) is 33.1 Å². The molecule has 2 bridgehead atoms. The largest absolute Gasteiger partial charge is 0.489 e. The van der Waals surface area contributed by atoms with Crippen LogP contribution in [0.1, 0.15) is 57.6 Å². The van der Waals surface area contributed by atoms with E-state index < -0.39 is 0 Å². The number of ether oxygens (including phenoxy) is 1. The number of benzene rings is 1. The van der Waals surface area contributed by atoms with Gasteiger partial charge in [-0.2, -0.15) is 0 Å². The lowest BCUT2D eigenvalue weighted by molar-refractivity contribution is 0.138. The third-order valence-electron chi connectivity index (χ3n) is 4.56. The van der Waals surface area contributed by atoms with Crippen LogP contribution in [0.4, 0.5) is 0 Å². The van der Waals surface area contributed by atoms with Crippen LogP contribution in [0.25, 0.3) is 0 Å². The summed E-state index contributed by atoms with van der Waals surface area (Å²) in [5.41, 5.74) is 2.73. The Kier molecular flexibility index (Phi) is 4.85. The molecule has 20 heavy (non-hydrogen) atoms. The first-order chi connectivity index (χ1) is 9.65. The van der Waals surface area contributed by atoms with E-state index in [2.05, 4.69) is 13.0 Å². The molecule has 0 spiro atoms. The fourth-order valence-electron chi connectivity index (χ4n) is 3.71. The molecule has 0 aromatic heterocycles. The molecule has 0 heterocycles. The number of hydrogen-bond donors (Lipinski definition) is 1. The van der Waals surface area contributed by atoms with Crippen LogP contribution >= 0.6 is 0 Å². The van der Waals surface area contributed by atoms with E-state index in [1.807, 2.05) is 32.9 Å². The fraction of sp³-hybridized carbons (Fsp3) is 0.611. The van der Waals surface area contributed by atoms with Crippen LogP contribution in [0, 0.1) is 24.2 Å². The number of aryl methyl sites for hydroxylation is 1. The average molecular weight is 273 g/mol. The molecule has 1 aromatic carbocycles. The standard InChI is InChI=1S/C16H21NO.C2H6/c1-10-4-3-5-14(16(10)11(2)17)18-15-9-12-6-7-13(15)8-12;1-2/h3-5,12-13,15,17H,6-9H2,1-2H3;1-2H3/t12-,13?,15-;/m1./s1. The van der Waals surface area contributed by atoms with E-state index in [0.717, 1.165) is 28.7 Å². The summed E-state index contributed by atoms with van der Waals surface area (Å²) in [6.07, 6.45) is 5.70. The van der Waals surface area contributed by atoms with E-state index in [9.17, 15) is 0 Å². The maximum absolute atomic E-state index is 7.92. The van der Waals surface area contributed by atoms with Crippen LogP contribution in [0.15, 0.2) is 18.2 Å². The molecule has 2 fully saturated rings. The molecule has 110 valence electrons. The summed E-state index contributed by atoms with van der Waals surface area (Å²) in [6, 6.07) is 6.11. The Balaban J connectivity index is 0.000000704. The number of hydrogen-bond acceptors (Lipinski definition) is 2. The van der Waals surface area contributed by atoms with E-state index in [1.165, 1.54) is 25.7 Å². The van der Waals surface area contributed by atoms with Crippen molar-refractivity contribution in [1.29, 1.82) is 5.41 Å².